The van der Waals surface area contributed by atoms with Crippen molar-refractivity contribution in [2.45, 2.75) is 38.3 Å². The lowest BCUT2D eigenvalue weighted by Gasteiger charge is -2.25. The van der Waals surface area contributed by atoms with E-state index in [0.29, 0.717) is 12.8 Å². The van der Waals surface area contributed by atoms with E-state index in [0.717, 1.165) is 12.0 Å². The summed E-state index contributed by atoms with van der Waals surface area (Å²) >= 11 is 0. The first-order valence-corrected chi connectivity index (χ1v) is 6.92. The summed E-state index contributed by atoms with van der Waals surface area (Å²) in [4.78, 5) is 13.6. The van der Waals surface area contributed by atoms with E-state index < -0.39 is 13.0 Å². The molecule has 1 saturated carbocycles. The number of carbonyl (C=O) groups is 1. The molecule has 0 aliphatic heterocycles. The molecule has 1 amide bonds. The molecule has 1 aliphatic rings. The summed E-state index contributed by atoms with van der Waals surface area (Å²) in [6, 6.07) is 9.24. The van der Waals surface area contributed by atoms with Gasteiger partial charge in [0.05, 0.1) is 6.54 Å². The maximum Gasteiger partial charge on any atom is 0.255 e. The maximum atomic E-state index is 12.7. The van der Waals surface area contributed by atoms with E-state index in [1.54, 1.807) is 0 Å². The highest BCUT2D eigenvalue weighted by Crippen LogP contribution is 2.27. The molecular formula is C15H21ClF2N2O. The van der Waals surface area contributed by atoms with Crippen LogP contribution in [0.4, 0.5) is 8.78 Å². The minimum Gasteiger partial charge on any atom is -0.332 e. The second kappa shape index (κ2) is 8.29. The summed E-state index contributed by atoms with van der Waals surface area (Å²) in [5.74, 6) is -0.394. The number of amides is 1. The minimum absolute atomic E-state index is 0. The van der Waals surface area contributed by atoms with Crippen LogP contribution >= 0.6 is 12.4 Å². The summed E-state index contributed by atoms with van der Waals surface area (Å²) in [6.07, 6.45) is -0.413. The van der Waals surface area contributed by atoms with Crippen LogP contribution in [0, 0.1) is 5.92 Å². The van der Waals surface area contributed by atoms with Crippen LogP contribution in [-0.4, -0.2) is 29.8 Å². The molecular weight excluding hydrogens is 298 g/mol. The molecule has 6 heteroatoms. The summed E-state index contributed by atoms with van der Waals surface area (Å²) < 4.78 is 25.4. The standard InChI is InChI=1S/C15H20F2N2O.ClH/c16-14(17)10-19(9-11-4-2-1-3-5-11)15(20)12-6-7-13(18)8-12;/h1-5,12-14H,6-10,18H2;1H. The Morgan fingerprint density at radius 3 is 2.48 bits per heavy atom. The van der Waals surface area contributed by atoms with Gasteiger partial charge in [-0.15, -0.1) is 12.4 Å². The number of hydrogen-bond acceptors (Lipinski definition) is 2. The Kier molecular flexibility index (Phi) is 7.05. The van der Waals surface area contributed by atoms with Crippen molar-refractivity contribution < 1.29 is 13.6 Å². The second-order valence-corrected chi connectivity index (χ2v) is 5.37. The van der Waals surface area contributed by atoms with Crippen LogP contribution in [0.3, 0.4) is 0 Å². The zero-order valence-electron chi connectivity index (χ0n) is 11.8. The van der Waals surface area contributed by atoms with Crippen LogP contribution in [0.1, 0.15) is 24.8 Å². The molecule has 2 N–H and O–H groups in total. The first kappa shape index (κ1) is 17.9. The van der Waals surface area contributed by atoms with Crippen LogP contribution in [0.2, 0.25) is 0 Å². The largest absolute Gasteiger partial charge is 0.332 e. The van der Waals surface area contributed by atoms with E-state index >= 15 is 0 Å². The number of alkyl halides is 2. The fourth-order valence-electron chi connectivity index (χ4n) is 2.70. The van der Waals surface area contributed by atoms with Gasteiger partial charge in [0.1, 0.15) is 0 Å². The molecule has 3 nitrogen and oxygen atoms in total. The molecule has 0 spiro atoms. The Bertz CT molecular complexity index is 445. The Morgan fingerprint density at radius 2 is 1.95 bits per heavy atom. The number of hydrogen-bond donors (Lipinski definition) is 1. The highest BCUT2D eigenvalue weighted by molar-refractivity contribution is 5.85. The third-order valence-corrected chi connectivity index (χ3v) is 3.71. The van der Waals surface area contributed by atoms with Crippen molar-refractivity contribution in [1.82, 2.24) is 4.90 Å². The normalized spacial score (nSPS) is 21.1. The van der Waals surface area contributed by atoms with Crippen LogP contribution in [0.25, 0.3) is 0 Å². The quantitative estimate of drug-likeness (QED) is 0.907. The van der Waals surface area contributed by atoms with Crippen molar-refractivity contribution in [2.75, 3.05) is 6.54 Å². The van der Waals surface area contributed by atoms with Gasteiger partial charge < -0.3 is 10.6 Å². The van der Waals surface area contributed by atoms with E-state index in [1.807, 2.05) is 30.3 Å². The Hall–Kier alpha value is -1.20. The first-order valence-electron chi connectivity index (χ1n) is 6.92. The predicted octanol–water partition coefficient (Wildman–Crippen LogP) is 2.83. The SMILES string of the molecule is Cl.NC1CCC(C(=O)N(Cc2ccccc2)CC(F)F)C1. The van der Waals surface area contributed by atoms with Crippen molar-refractivity contribution in [1.29, 1.82) is 0 Å². The summed E-state index contributed by atoms with van der Waals surface area (Å²) in [5.41, 5.74) is 6.66. The molecule has 118 valence electrons. The molecule has 1 aromatic carbocycles. The van der Waals surface area contributed by atoms with Crippen molar-refractivity contribution in [2.24, 2.45) is 11.7 Å². The van der Waals surface area contributed by atoms with Crippen molar-refractivity contribution >= 4 is 18.3 Å². The first-order chi connectivity index (χ1) is 9.56. The van der Waals surface area contributed by atoms with Gasteiger partial charge in [-0.3, -0.25) is 4.79 Å². The van der Waals surface area contributed by atoms with Crippen LogP contribution in [0.5, 0.6) is 0 Å². The highest BCUT2D eigenvalue weighted by atomic mass is 35.5. The van der Waals surface area contributed by atoms with Gasteiger partial charge in [0, 0.05) is 18.5 Å². The van der Waals surface area contributed by atoms with Crippen molar-refractivity contribution in [3.63, 3.8) is 0 Å². The molecule has 0 heterocycles. The van der Waals surface area contributed by atoms with Gasteiger partial charge in [0.15, 0.2) is 0 Å². The third-order valence-electron chi connectivity index (χ3n) is 3.71. The summed E-state index contributed by atoms with van der Waals surface area (Å²) in [5, 5.41) is 0. The number of benzene rings is 1. The number of halogens is 3. The Labute approximate surface area is 129 Å². The number of nitrogens with zero attached hydrogens (tertiary/aromatic N) is 1. The zero-order chi connectivity index (χ0) is 14.5. The molecule has 0 bridgehead atoms. The highest BCUT2D eigenvalue weighted by Gasteiger charge is 2.32. The van der Waals surface area contributed by atoms with Gasteiger partial charge in [0.25, 0.3) is 6.43 Å². The van der Waals surface area contributed by atoms with Crippen LogP contribution in [-0.2, 0) is 11.3 Å². The number of carbonyl (C=O) groups excluding carboxylic acids is 1. The smallest absolute Gasteiger partial charge is 0.255 e. The predicted molar refractivity (Wildman–Crippen MR) is 80.4 cm³/mol. The zero-order valence-corrected chi connectivity index (χ0v) is 12.6. The summed E-state index contributed by atoms with van der Waals surface area (Å²) in [6.45, 7) is -0.283. The van der Waals surface area contributed by atoms with Gasteiger partial charge in [-0.05, 0) is 24.8 Å². The molecule has 1 aromatic rings. The van der Waals surface area contributed by atoms with Crippen molar-refractivity contribution in [3.05, 3.63) is 35.9 Å². The number of rotatable bonds is 5. The molecule has 0 aromatic heterocycles. The molecule has 21 heavy (non-hydrogen) atoms. The average molecular weight is 319 g/mol. The van der Waals surface area contributed by atoms with E-state index in [9.17, 15) is 13.6 Å². The monoisotopic (exact) mass is 318 g/mol. The van der Waals surface area contributed by atoms with Crippen molar-refractivity contribution in [3.8, 4) is 0 Å². The molecule has 1 aliphatic carbocycles. The lowest BCUT2D eigenvalue weighted by molar-refractivity contribution is -0.138. The topological polar surface area (TPSA) is 46.3 Å². The van der Waals surface area contributed by atoms with E-state index in [-0.39, 0.29) is 36.8 Å². The molecule has 2 atom stereocenters. The minimum atomic E-state index is -2.52. The van der Waals surface area contributed by atoms with Gasteiger partial charge in [-0.1, -0.05) is 30.3 Å². The molecule has 1 fully saturated rings. The number of nitrogens with two attached hydrogens (primary N) is 1. The fourth-order valence-corrected chi connectivity index (χ4v) is 2.70. The Morgan fingerprint density at radius 1 is 1.29 bits per heavy atom. The van der Waals surface area contributed by atoms with Gasteiger partial charge in [0.2, 0.25) is 5.91 Å². The average Bonchev–Trinajstić information content (AvgIpc) is 2.84. The molecule has 2 unspecified atom stereocenters. The lowest BCUT2D eigenvalue weighted by Crippen LogP contribution is -2.38. The van der Waals surface area contributed by atoms with E-state index in [4.69, 9.17) is 5.73 Å². The molecule has 0 radical (unpaired) electrons. The molecule has 0 saturated heterocycles. The lowest BCUT2D eigenvalue weighted by atomic mass is 10.1. The maximum absolute atomic E-state index is 12.7. The fraction of sp³-hybridized carbons (Fsp3) is 0.533. The van der Waals surface area contributed by atoms with Crippen LogP contribution in [0.15, 0.2) is 30.3 Å². The van der Waals surface area contributed by atoms with E-state index in [1.165, 1.54) is 4.90 Å². The van der Waals surface area contributed by atoms with E-state index in [2.05, 4.69) is 0 Å². The van der Waals surface area contributed by atoms with Gasteiger partial charge in [-0.25, -0.2) is 8.78 Å². The summed E-state index contributed by atoms with van der Waals surface area (Å²) in [7, 11) is 0. The Balaban J connectivity index is 0.00000220. The molecule has 2 rings (SSSR count). The van der Waals surface area contributed by atoms with Gasteiger partial charge in [-0.2, -0.15) is 0 Å². The third kappa shape index (κ3) is 5.25. The second-order valence-electron chi connectivity index (χ2n) is 5.37. The van der Waals surface area contributed by atoms with Crippen LogP contribution < -0.4 is 5.73 Å². The van der Waals surface area contributed by atoms with Gasteiger partial charge >= 0.3 is 0 Å².